The highest BCUT2D eigenvalue weighted by Gasteiger charge is 2.34. The van der Waals surface area contributed by atoms with Gasteiger partial charge in [-0.15, -0.1) is 0 Å². The lowest BCUT2D eigenvalue weighted by Crippen LogP contribution is -2.44. The summed E-state index contributed by atoms with van der Waals surface area (Å²) in [7, 11) is 2.00. The summed E-state index contributed by atoms with van der Waals surface area (Å²) in [6.45, 7) is 5.04. The molecule has 1 aliphatic rings. The fourth-order valence-corrected chi connectivity index (χ4v) is 4.91. The molecule has 1 amide bonds. The first kappa shape index (κ1) is 28.0. The molecule has 1 aliphatic heterocycles. The molecule has 0 saturated carbocycles. The van der Waals surface area contributed by atoms with Crippen molar-refractivity contribution in [3.05, 3.63) is 87.7 Å². The van der Waals surface area contributed by atoms with Crippen molar-refractivity contribution in [3.8, 4) is 11.6 Å². The molecule has 0 radical (unpaired) electrons. The fraction of sp³-hybridized carbons (Fsp3) is 0.276. The second-order valence-electron chi connectivity index (χ2n) is 9.83. The van der Waals surface area contributed by atoms with Crippen LogP contribution >= 0.6 is 15.9 Å². The Bertz CT molecular complexity index is 1550. The Labute approximate surface area is 238 Å². The number of carbonyl (C=O) groups is 1. The highest BCUT2D eigenvalue weighted by atomic mass is 79.9. The zero-order chi connectivity index (χ0) is 28.4. The number of hydrogen-bond acceptors (Lipinski definition) is 6. The number of benzene rings is 3. The van der Waals surface area contributed by atoms with Crippen molar-refractivity contribution in [2.24, 2.45) is 0 Å². The van der Waals surface area contributed by atoms with Crippen LogP contribution in [-0.4, -0.2) is 58.9 Å². The molecule has 1 N–H and O–H groups in total. The van der Waals surface area contributed by atoms with Gasteiger partial charge in [0.1, 0.15) is 12.1 Å². The lowest BCUT2D eigenvalue weighted by Gasteiger charge is -2.33. The van der Waals surface area contributed by atoms with E-state index in [0.717, 1.165) is 29.2 Å². The molecular formula is C29H27BrF3N5O2. The monoisotopic (exact) mass is 613 g/mol. The van der Waals surface area contributed by atoms with Crippen LogP contribution in [0.15, 0.2) is 65.4 Å². The molecule has 1 aromatic heterocycles. The minimum Gasteiger partial charge on any atom is -0.438 e. The largest absolute Gasteiger partial charge is 0.438 e. The van der Waals surface area contributed by atoms with E-state index in [1.165, 1.54) is 18.5 Å². The topological polar surface area (TPSA) is 70.6 Å². The third-order valence-corrected chi connectivity index (χ3v) is 7.37. The molecule has 0 aliphatic carbocycles. The summed E-state index contributed by atoms with van der Waals surface area (Å²) in [4.78, 5) is 25.7. The summed E-state index contributed by atoms with van der Waals surface area (Å²) < 4.78 is 48.8. The van der Waals surface area contributed by atoms with Crippen LogP contribution < -0.4 is 10.1 Å². The second kappa shape index (κ2) is 11.5. The number of ether oxygens (including phenoxy) is 1. The van der Waals surface area contributed by atoms with Crippen molar-refractivity contribution in [2.45, 2.75) is 19.6 Å². The first-order chi connectivity index (χ1) is 19.1. The summed E-state index contributed by atoms with van der Waals surface area (Å²) in [6.07, 6.45) is -3.16. The number of aromatic nitrogens is 2. The first-order valence-corrected chi connectivity index (χ1v) is 13.5. The van der Waals surface area contributed by atoms with Crippen LogP contribution in [0.4, 0.5) is 18.9 Å². The molecule has 3 aromatic carbocycles. The lowest BCUT2D eigenvalue weighted by atomic mass is 10.0. The van der Waals surface area contributed by atoms with Crippen molar-refractivity contribution in [3.63, 3.8) is 0 Å². The van der Waals surface area contributed by atoms with Crippen molar-refractivity contribution in [1.82, 2.24) is 19.8 Å². The molecule has 1 fully saturated rings. The van der Waals surface area contributed by atoms with E-state index in [2.05, 4.69) is 36.1 Å². The molecule has 7 nitrogen and oxygen atoms in total. The minimum atomic E-state index is -4.55. The molecule has 4 aromatic rings. The van der Waals surface area contributed by atoms with Crippen LogP contribution in [0.5, 0.6) is 11.6 Å². The van der Waals surface area contributed by atoms with E-state index in [1.54, 1.807) is 18.2 Å². The summed E-state index contributed by atoms with van der Waals surface area (Å²) >= 11 is 3.44. The Morgan fingerprint density at radius 1 is 1.02 bits per heavy atom. The van der Waals surface area contributed by atoms with Crippen LogP contribution in [-0.2, 0) is 12.7 Å². The van der Waals surface area contributed by atoms with Gasteiger partial charge < -0.3 is 15.0 Å². The van der Waals surface area contributed by atoms with Crippen molar-refractivity contribution in [2.75, 3.05) is 38.5 Å². The average Bonchev–Trinajstić information content (AvgIpc) is 2.91. The molecular weight excluding hydrogens is 587 g/mol. The number of halogens is 4. The Hall–Kier alpha value is -3.54. The minimum absolute atomic E-state index is 0.0640. The summed E-state index contributed by atoms with van der Waals surface area (Å²) in [5, 5.41) is 3.29. The van der Waals surface area contributed by atoms with Gasteiger partial charge in [0.15, 0.2) is 0 Å². The quantitative estimate of drug-likeness (QED) is 0.267. The van der Waals surface area contributed by atoms with Gasteiger partial charge in [-0.05, 0) is 67.6 Å². The van der Waals surface area contributed by atoms with Crippen LogP contribution in [0.25, 0.3) is 10.9 Å². The third kappa shape index (κ3) is 6.43. The Morgan fingerprint density at radius 2 is 1.80 bits per heavy atom. The standard InChI is InChI=1S/C29H27BrF3N5O2/c1-18-3-4-19(13-26(18)40-28-23-14-21(30)6-8-25(23)34-17-35-28)27(39)36-22-7-5-20(24(15-22)29(31,32)33)16-38-11-9-37(2)10-12-38/h3-8,13-15,17H,9-12,16H2,1-2H3,(H,36,39). The van der Waals surface area contributed by atoms with E-state index in [0.29, 0.717) is 35.6 Å². The molecule has 40 heavy (non-hydrogen) atoms. The van der Waals surface area contributed by atoms with Gasteiger partial charge in [-0.25, -0.2) is 9.97 Å². The Balaban J connectivity index is 1.36. The molecule has 2 heterocycles. The number of anilines is 1. The maximum Gasteiger partial charge on any atom is 0.416 e. The molecule has 0 spiro atoms. The number of carbonyl (C=O) groups excluding carboxylic acids is 1. The summed E-state index contributed by atoms with van der Waals surface area (Å²) in [6, 6.07) is 14.3. The molecule has 0 unspecified atom stereocenters. The first-order valence-electron chi connectivity index (χ1n) is 12.7. The van der Waals surface area contributed by atoms with Gasteiger partial charge in [0, 0.05) is 48.4 Å². The van der Waals surface area contributed by atoms with Gasteiger partial charge in [0.25, 0.3) is 5.91 Å². The van der Waals surface area contributed by atoms with Gasteiger partial charge in [-0.2, -0.15) is 13.2 Å². The van der Waals surface area contributed by atoms with E-state index in [9.17, 15) is 18.0 Å². The molecule has 11 heteroatoms. The number of hydrogen-bond donors (Lipinski definition) is 1. The molecule has 208 valence electrons. The number of likely N-dealkylation sites (N-methyl/N-ethyl adjacent to an activating group) is 1. The fourth-order valence-electron chi connectivity index (χ4n) is 4.55. The van der Waals surface area contributed by atoms with Gasteiger partial charge in [-0.1, -0.05) is 28.1 Å². The maximum absolute atomic E-state index is 14.0. The number of alkyl halides is 3. The molecule has 0 bridgehead atoms. The predicted molar refractivity (Wildman–Crippen MR) is 151 cm³/mol. The van der Waals surface area contributed by atoms with Gasteiger partial charge in [0.2, 0.25) is 5.88 Å². The van der Waals surface area contributed by atoms with Gasteiger partial charge in [-0.3, -0.25) is 9.69 Å². The summed E-state index contributed by atoms with van der Waals surface area (Å²) in [5.74, 6) is 0.156. The van der Waals surface area contributed by atoms with Crippen molar-refractivity contribution >= 4 is 38.4 Å². The average molecular weight is 614 g/mol. The Kier molecular flexibility index (Phi) is 8.07. The number of fused-ring (bicyclic) bond motifs is 1. The van der Waals surface area contributed by atoms with Gasteiger partial charge >= 0.3 is 6.18 Å². The van der Waals surface area contributed by atoms with Crippen LogP contribution in [0.1, 0.15) is 27.0 Å². The highest BCUT2D eigenvalue weighted by molar-refractivity contribution is 9.10. The third-order valence-electron chi connectivity index (χ3n) is 6.88. The van der Waals surface area contributed by atoms with E-state index in [1.807, 2.05) is 37.1 Å². The number of nitrogens with zero attached hydrogens (tertiary/aromatic N) is 4. The summed E-state index contributed by atoms with van der Waals surface area (Å²) in [5.41, 5.74) is 1.18. The number of nitrogens with one attached hydrogen (secondary N) is 1. The van der Waals surface area contributed by atoms with Crippen molar-refractivity contribution in [1.29, 1.82) is 0 Å². The molecule has 5 rings (SSSR count). The van der Waals surface area contributed by atoms with Crippen molar-refractivity contribution < 1.29 is 22.7 Å². The SMILES string of the molecule is Cc1ccc(C(=O)Nc2ccc(CN3CCN(C)CC3)c(C(F)(F)F)c2)cc1Oc1ncnc2ccc(Br)cc12. The zero-order valence-corrected chi connectivity index (χ0v) is 23.5. The lowest BCUT2D eigenvalue weighted by molar-refractivity contribution is -0.138. The van der Waals surface area contributed by atoms with E-state index in [4.69, 9.17) is 4.74 Å². The Morgan fingerprint density at radius 3 is 2.55 bits per heavy atom. The number of rotatable bonds is 6. The number of piperazine rings is 1. The molecule has 0 atom stereocenters. The van der Waals surface area contributed by atoms with Crippen LogP contribution in [0, 0.1) is 6.92 Å². The molecule has 1 saturated heterocycles. The zero-order valence-electron chi connectivity index (χ0n) is 21.9. The van der Waals surface area contributed by atoms with Crippen LogP contribution in [0.2, 0.25) is 0 Å². The normalized spacial score (nSPS) is 14.8. The number of amides is 1. The van der Waals surface area contributed by atoms with E-state index < -0.39 is 17.6 Å². The predicted octanol–water partition coefficient (Wildman–Crippen LogP) is 6.51. The van der Waals surface area contributed by atoms with Crippen LogP contribution in [0.3, 0.4) is 0 Å². The van der Waals surface area contributed by atoms with E-state index in [-0.39, 0.29) is 23.4 Å². The highest BCUT2D eigenvalue weighted by Crippen LogP contribution is 2.35. The van der Waals surface area contributed by atoms with Gasteiger partial charge in [0.05, 0.1) is 16.5 Å². The number of aryl methyl sites for hydroxylation is 1. The van der Waals surface area contributed by atoms with E-state index >= 15 is 0 Å². The second-order valence-corrected chi connectivity index (χ2v) is 10.7. The maximum atomic E-state index is 14.0. The smallest absolute Gasteiger partial charge is 0.416 e.